The molecule has 2 aromatic rings. The molecule has 0 spiro atoms. The molecule has 26 heavy (non-hydrogen) atoms. The second-order valence-electron chi connectivity index (χ2n) is 6.41. The normalized spacial score (nSPS) is 16.4. The van der Waals surface area contributed by atoms with Gasteiger partial charge in [0.1, 0.15) is 5.82 Å². The fourth-order valence-corrected chi connectivity index (χ4v) is 3.49. The number of piperazine rings is 1. The topological polar surface area (TPSA) is 24.9 Å². The number of methoxy groups -OCH3 is 2. The molecule has 1 unspecified atom stereocenters. The van der Waals surface area contributed by atoms with Crippen LogP contribution in [0.5, 0.6) is 11.5 Å². The molecular formula is C20H24ClFN2O2. The van der Waals surface area contributed by atoms with E-state index in [1.54, 1.807) is 20.3 Å². The van der Waals surface area contributed by atoms with E-state index in [9.17, 15) is 4.39 Å². The van der Waals surface area contributed by atoms with Crippen LogP contribution in [-0.2, 0) is 0 Å². The Balaban J connectivity index is 1.66. The van der Waals surface area contributed by atoms with Crippen molar-refractivity contribution in [2.75, 3.05) is 45.3 Å². The Kier molecular flexibility index (Phi) is 5.89. The third-order valence-corrected chi connectivity index (χ3v) is 5.33. The van der Waals surface area contributed by atoms with Gasteiger partial charge in [-0.2, -0.15) is 0 Å². The van der Waals surface area contributed by atoms with Gasteiger partial charge < -0.3 is 14.4 Å². The van der Waals surface area contributed by atoms with Gasteiger partial charge in [-0.1, -0.05) is 17.7 Å². The Morgan fingerprint density at radius 1 is 0.962 bits per heavy atom. The molecule has 6 heteroatoms. The number of hydrogen-bond acceptors (Lipinski definition) is 4. The van der Waals surface area contributed by atoms with Gasteiger partial charge in [-0.15, -0.1) is 0 Å². The van der Waals surface area contributed by atoms with Crippen LogP contribution in [0.25, 0.3) is 0 Å². The van der Waals surface area contributed by atoms with E-state index in [2.05, 4.69) is 22.8 Å². The van der Waals surface area contributed by atoms with Crippen molar-refractivity contribution in [2.24, 2.45) is 0 Å². The quantitative estimate of drug-likeness (QED) is 0.770. The molecule has 2 aromatic carbocycles. The number of hydrogen-bond donors (Lipinski definition) is 0. The van der Waals surface area contributed by atoms with E-state index in [-0.39, 0.29) is 16.9 Å². The van der Waals surface area contributed by atoms with Gasteiger partial charge in [-0.3, -0.25) is 4.90 Å². The molecule has 0 amide bonds. The molecule has 0 bridgehead atoms. The maximum Gasteiger partial charge on any atom is 0.161 e. The highest BCUT2D eigenvalue weighted by atomic mass is 35.5. The van der Waals surface area contributed by atoms with Crippen LogP contribution in [0.2, 0.25) is 5.02 Å². The van der Waals surface area contributed by atoms with E-state index in [0.717, 1.165) is 43.4 Å². The Hall–Kier alpha value is -1.98. The first-order valence-electron chi connectivity index (χ1n) is 8.69. The van der Waals surface area contributed by atoms with Gasteiger partial charge >= 0.3 is 0 Å². The smallest absolute Gasteiger partial charge is 0.161 e. The van der Waals surface area contributed by atoms with E-state index in [1.165, 1.54) is 11.6 Å². The highest BCUT2D eigenvalue weighted by Gasteiger charge is 2.23. The predicted octanol–water partition coefficient (Wildman–Crippen LogP) is 4.38. The molecule has 3 rings (SSSR count). The molecule has 0 aliphatic carbocycles. The zero-order valence-electron chi connectivity index (χ0n) is 15.3. The van der Waals surface area contributed by atoms with Crippen molar-refractivity contribution >= 4 is 17.3 Å². The number of halogens is 2. The van der Waals surface area contributed by atoms with Crippen LogP contribution >= 0.6 is 11.6 Å². The van der Waals surface area contributed by atoms with Gasteiger partial charge in [0.2, 0.25) is 0 Å². The van der Waals surface area contributed by atoms with Crippen LogP contribution in [0.1, 0.15) is 18.5 Å². The van der Waals surface area contributed by atoms with Gasteiger partial charge in [0.15, 0.2) is 11.5 Å². The monoisotopic (exact) mass is 378 g/mol. The molecule has 4 nitrogen and oxygen atoms in total. The molecule has 1 fully saturated rings. The summed E-state index contributed by atoms with van der Waals surface area (Å²) in [5.41, 5.74) is 2.07. The zero-order chi connectivity index (χ0) is 18.7. The average Bonchev–Trinajstić information content (AvgIpc) is 2.69. The van der Waals surface area contributed by atoms with Crippen molar-refractivity contribution in [1.82, 2.24) is 4.90 Å². The van der Waals surface area contributed by atoms with E-state index in [1.807, 2.05) is 18.2 Å². The van der Waals surface area contributed by atoms with Crippen molar-refractivity contribution in [1.29, 1.82) is 0 Å². The number of anilines is 1. The lowest BCUT2D eigenvalue weighted by atomic mass is 10.0. The summed E-state index contributed by atoms with van der Waals surface area (Å²) in [6, 6.07) is 11.3. The first-order valence-corrected chi connectivity index (χ1v) is 9.07. The minimum Gasteiger partial charge on any atom is -0.493 e. The first kappa shape index (κ1) is 18.8. The van der Waals surface area contributed by atoms with Crippen molar-refractivity contribution in [2.45, 2.75) is 13.0 Å². The minimum absolute atomic E-state index is 0.162. The molecule has 0 aromatic heterocycles. The summed E-state index contributed by atoms with van der Waals surface area (Å²) < 4.78 is 24.4. The van der Waals surface area contributed by atoms with Crippen LogP contribution in [0, 0.1) is 5.82 Å². The lowest BCUT2D eigenvalue weighted by Gasteiger charge is -2.39. The lowest BCUT2D eigenvalue weighted by molar-refractivity contribution is 0.198. The molecule has 0 radical (unpaired) electrons. The number of ether oxygens (including phenoxy) is 2. The zero-order valence-corrected chi connectivity index (χ0v) is 16.1. The summed E-state index contributed by atoms with van der Waals surface area (Å²) in [6.07, 6.45) is 0. The van der Waals surface area contributed by atoms with Crippen LogP contribution in [-0.4, -0.2) is 45.3 Å². The summed E-state index contributed by atoms with van der Waals surface area (Å²) in [4.78, 5) is 4.61. The molecule has 0 N–H and O–H groups in total. The molecule has 1 saturated heterocycles. The van der Waals surface area contributed by atoms with Crippen LogP contribution in [0.4, 0.5) is 10.1 Å². The molecule has 0 saturated carbocycles. The summed E-state index contributed by atoms with van der Waals surface area (Å²) in [5.74, 6) is 1.11. The average molecular weight is 379 g/mol. The largest absolute Gasteiger partial charge is 0.493 e. The predicted molar refractivity (Wildman–Crippen MR) is 103 cm³/mol. The Labute approximate surface area is 159 Å². The Morgan fingerprint density at radius 2 is 1.65 bits per heavy atom. The van der Waals surface area contributed by atoms with Crippen molar-refractivity contribution in [3.05, 3.63) is 52.8 Å². The Morgan fingerprint density at radius 3 is 2.27 bits per heavy atom. The van der Waals surface area contributed by atoms with Gasteiger partial charge in [0, 0.05) is 37.9 Å². The highest BCUT2D eigenvalue weighted by Crippen LogP contribution is 2.32. The maximum atomic E-state index is 13.7. The highest BCUT2D eigenvalue weighted by molar-refractivity contribution is 6.30. The van der Waals surface area contributed by atoms with E-state index in [0.29, 0.717) is 0 Å². The van der Waals surface area contributed by atoms with E-state index in [4.69, 9.17) is 21.1 Å². The molecular weight excluding hydrogens is 355 g/mol. The van der Waals surface area contributed by atoms with Crippen molar-refractivity contribution < 1.29 is 13.9 Å². The van der Waals surface area contributed by atoms with Gasteiger partial charge in [-0.05, 0) is 42.8 Å². The molecule has 140 valence electrons. The fourth-order valence-electron chi connectivity index (χ4n) is 3.37. The lowest BCUT2D eigenvalue weighted by Crippen LogP contribution is -2.47. The molecule has 1 aliphatic heterocycles. The third-order valence-electron chi connectivity index (χ3n) is 5.02. The van der Waals surface area contributed by atoms with E-state index >= 15 is 0 Å². The summed E-state index contributed by atoms with van der Waals surface area (Å²) >= 11 is 5.78. The van der Waals surface area contributed by atoms with Crippen LogP contribution in [0.3, 0.4) is 0 Å². The second kappa shape index (κ2) is 8.14. The SMILES string of the molecule is COc1ccc(C(C)N2CCN(c3ccc(Cl)c(F)c3)CC2)cc1OC. The number of rotatable bonds is 5. The summed E-state index contributed by atoms with van der Waals surface area (Å²) in [7, 11) is 3.29. The summed E-state index contributed by atoms with van der Waals surface area (Å²) in [5, 5.41) is 0.162. The molecule has 1 aliphatic rings. The summed E-state index contributed by atoms with van der Waals surface area (Å²) in [6.45, 7) is 5.69. The maximum absolute atomic E-state index is 13.7. The van der Waals surface area contributed by atoms with Crippen molar-refractivity contribution in [3.8, 4) is 11.5 Å². The fraction of sp³-hybridized carbons (Fsp3) is 0.400. The van der Waals surface area contributed by atoms with E-state index < -0.39 is 0 Å². The first-order chi connectivity index (χ1) is 12.5. The van der Waals surface area contributed by atoms with Crippen LogP contribution < -0.4 is 14.4 Å². The number of benzene rings is 2. The van der Waals surface area contributed by atoms with Crippen molar-refractivity contribution in [3.63, 3.8) is 0 Å². The number of nitrogens with zero attached hydrogens (tertiary/aromatic N) is 2. The third kappa shape index (κ3) is 3.89. The van der Waals surface area contributed by atoms with Crippen LogP contribution in [0.15, 0.2) is 36.4 Å². The molecule has 1 heterocycles. The molecule has 1 atom stereocenters. The Bertz CT molecular complexity index is 763. The minimum atomic E-state index is -0.370. The second-order valence-corrected chi connectivity index (χ2v) is 6.82. The van der Waals surface area contributed by atoms with Gasteiger partial charge in [-0.25, -0.2) is 4.39 Å². The van der Waals surface area contributed by atoms with Gasteiger partial charge in [0.05, 0.1) is 19.2 Å². The van der Waals surface area contributed by atoms with Gasteiger partial charge in [0.25, 0.3) is 0 Å². The standard InChI is InChI=1S/C20H24ClFN2O2/c1-14(15-4-7-19(25-2)20(12-15)26-3)23-8-10-24(11-9-23)16-5-6-17(21)18(22)13-16/h4-7,12-14H,8-11H2,1-3H3.